The van der Waals surface area contributed by atoms with Gasteiger partial charge < -0.3 is 31.2 Å². The van der Waals surface area contributed by atoms with Gasteiger partial charge in [-0.25, -0.2) is 9.59 Å². The highest BCUT2D eigenvalue weighted by atomic mass is 16.5. The SMILES string of the molecule is NC(=O)c1ccccc1OCC(=O)O.NC(=O)c1ccccc1OCC(=O)O. The second-order valence-corrected chi connectivity index (χ2v) is 5.09. The summed E-state index contributed by atoms with van der Waals surface area (Å²) in [5.41, 5.74) is 10.5. The topological polar surface area (TPSA) is 179 Å². The van der Waals surface area contributed by atoms with E-state index in [0.717, 1.165) is 0 Å². The second kappa shape index (κ2) is 10.8. The molecule has 6 N–H and O–H groups in total. The van der Waals surface area contributed by atoms with Gasteiger partial charge in [0.1, 0.15) is 11.5 Å². The van der Waals surface area contributed by atoms with Crippen molar-refractivity contribution in [2.45, 2.75) is 0 Å². The first kappa shape index (κ1) is 22.0. The minimum absolute atomic E-state index is 0.175. The number of benzene rings is 2. The number of hydrogen-bond acceptors (Lipinski definition) is 6. The van der Waals surface area contributed by atoms with Crippen molar-refractivity contribution in [1.29, 1.82) is 0 Å². The number of nitrogens with two attached hydrogens (primary N) is 2. The van der Waals surface area contributed by atoms with Crippen molar-refractivity contribution in [3.8, 4) is 11.5 Å². The lowest BCUT2D eigenvalue weighted by atomic mass is 10.2. The van der Waals surface area contributed by atoms with Gasteiger partial charge in [0.05, 0.1) is 11.1 Å². The molecule has 2 aromatic rings. The van der Waals surface area contributed by atoms with Crippen LogP contribution in [0, 0.1) is 0 Å². The Bertz CT molecular complexity index is 795. The van der Waals surface area contributed by atoms with Crippen LogP contribution in [0.4, 0.5) is 0 Å². The summed E-state index contributed by atoms with van der Waals surface area (Å²) < 4.78 is 9.72. The fourth-order valence-electron chi connectivity index (χ4n) is 1.87. The molecule has 0 heterocycles. The molecule has 0 atom stereocenters. The third kappa shape index (κ3) is 7.44. The number of hydrogen-bond donors (Lipinski definition) is 4. The summed E-state index contributed by atoms with van der Waals surface area (Å²) in [6.07, 6.45) is 0. The maximum atomic E-state index is 10.9. The zero-order chi connectivity index (χ0) is 21.1. The molecule has 0 bridgehead atoms. The number of amides is 2. The highest BCUT2D eigenvalue weighted by Gasteiger charge is 2.10. The standard InChI is InChI=1S/2C9H9NO4/c2*10-9(13)6-3-1-2-4-7(6)14-5-8(11)12/h2*1-4H,5H2,(H2,10,13)(H,11,12). The summed E-state index contributed by atoms with van der Waals surface area (Å²) in [5, 5.41) is 16.7. The van der Waals surface area contributed by atoms with Crippen molar-refractivity contribution in [2.75, 3.05) is 13.2 Å². The van der Waals surface area contributed by atoms with E-state index in [1.54, 1.807) is 24.3 Å². The Morgan fingerprint density at radius 3 is 1.29 bits per heavy atom. The fourth-order valence-corrected chi connectivity index (χ4v) is 1.87. The number of rotatable bonds is 8. The van der Waals surface area contributed by atoms with Gasteiger partial charge in [0.2, 0.25) is 0 Å². The van der Waals surface area contributed by atoms with Gasteiger partial charge in [-0.1, -0.05) is 24.3 Å². The first-order valence-corrected chi connectivity index (χ1v) is 7.69. The van der Waals surface area contributed by atoms with Crippen molar-refractivity contribution in [3.05, 3.63) is 59.7 Å². The van der Waals surface area contributed by atoms with Crippen molar-refractivity contribution in [1.82, 2.24) is 0 Å². The number of para-hydroxylation sites is 2. The quantitative estimate of drug-likeness (QED) is 0.503. The van der Waals surface area contributed by atoms with Crippen molar-refractivity contribution in [2.24, 2.45) is 11.5 Å². The van der Waals surface area contributed by atoms with Crippen LogP contribution in [0.15, 0.2) is 48.5 Å². The van der Waals surface area contributed by atoms with Gasteiger partial charge in [-0.15, -0.1) is 0 Å². The third-order valence-electron chi connectivity index (χ3n) is 3.01. The third-order valence-corrected chi connectivity index (χ3v) is 3.01. The van der Waals surface area contributed by atoms with Crippen LogP contribution in [0.3, 0.4) is 0 Å². The van der Waals surface area contributed by atoms with Crippen molar-refractivity contribution < 1.29 is 38.9 Å². The Hall–Kier alpha value is -4.08. The number of aliphatic carboxylic acids is 2. The average Bonchev–Trinajstić information content (AvgIpc) is 2.65. The van der Waals surface area contributed by atoms with Crippen LogP contribution < -0.4 is 20.9 Å². The summed E-state index contributed by atoms with van der Waals surface area (Å²) >= 11 is 0. The van der Waals surface area contributed by atoms with E-state index in [4.69, 9.17) is 31.2 Å². The lowest BCUT2D eigenvalue weighted by molar-refractivity contribution is -0.140. The predicted octanol–water partition coefficient (Wildman–Crippen LogP) is 0.498. The number of carboxylic acids is 2. The van der Waals surface area contributed by atoms with Crippen LogP contribution in [0.25, 0.3) is 0 Å². The monoisotopic (exact) mass is 390 g/mol. The van der Waals surface area contributed by atoms with Crippen LogP contribution >= 0.6 is 0 Å². The van der Waals surface area contributed by atoms with Crippen LogP contribution in [0.1, 0.15) is 20.7 Å². The van der Waals surface area contributed by atoms with Gasteiger partial charge in [0.15, 0.2) is 13.2 Å². The van der Waals surface area contributed by atoms with E-state index in [2.05, 4.69) is 0 Å². The highest BCUT2D eigenvalue weighted by molar-refractivity contribution is 5.96. The highest BCUT2D eigenvalue weighted by Crippen LogP contribution is 2.17. The van der Waals surface area contributed by atoms with E-state index < -0.39 is 37.0 Å². The zero-order valence-corrected chi connectivity index (χ0v) is 14.5. The summed E-state index contributed by atoms with van der Waals surface area (Å²) in [6.45, 7) is -0.991. The molecular formula is C18H18N2O8. The molecular weight excluding hydrogens is 372 g/mol. The lowest BCUT2D eigenvalue weighted by Gasteiger charge is -2.06. The molecule has 0 aliphatic heterocycles. The van der Waals surface area contributed by atoms with Crippen LogP contribution in [-0.4, -0.2) is 47.2 Å². The molecule has 0 radical (unpaired) electrons. The molecule has 2 aromatic carbocycles. The van der Waals surface area contributed by atoms with E-state index in [0.29, 0.717) is 0 Å². The molecule has 28 heavy (non-hydrogen) atoms. The molecule has 0 saturated carbocycles. The lowest BCUT2D eigenvalue weighted by Crippen LogP contribution is -2.15. The normalized spacial score (nSPS) is 9.43. The van der Waals surface area contributed by atoms with Gasteiger partial charge in [-0.2, -0.15) is 0 Å². The van der Waals surface area contributed by atoms with Gasteiger partial charge in [-0.3, -0.25) is 9.59 Å². The first-order valence-electron chi connectivity index (χ1n) is 7.69. The Labute approximate surface area is 159 Å². The Morgan fingerprint density at radius 2 is 1.00 bits per heavy atom. The molecule has 10 nitrogen and oxygen atoms in total. The van der Waals surface area contributed by atoms with Crippen LogP contribution in [-0.2, 0) is 9.59 Å². The van der Waals surface area contributed by atoms with E-state index in [1.807, 2.05) is 0 Å². The molecule has 0 spiro atoms. The molecule has 0 fully saturated rings. The van der Waals surface area contributed by atoms with Gasteiger partial charge in [0, 0.05) is 0 Å². The maximum Gasteiger partial charge on any atom is 0.341 e. The molecule has 0 aliphatic carbocycles. The van der Waals surface area contributed by atoms with Crippen LogP contribution in [0.2, 0.25) is 0 Å². The van der Waals surface area contributed by atoms with E-state index >= 15 is 0 Å². The van der Waals surface area contributed by atoms with Crippen molar-refractivity contribution in [3.63, 3.8) is 0 Å². The zero-order valence-electron chi connectivity index (χ0n) is 14.5. The smallest absolute Gasteiger partial charge is 0.341 e. The molecule has 0 aromatic heterocycles. The van der Waals surface area contributed by atoms with Gasteiger partial charge in [0.25, 0.3) is 11.8 Å². The maximum absolute atomic E-state index is 10.9. The van der Waals surface area contributed by atoms with E-state index in [9.17, 15) is 19.2 Å². The Kier molecular flexibility index (Phi) is 8.48. The Morgan fingerprint density at radius 1 is 0.679 bits per heavy atom. The van der Waals surface area contributed by atoms with Gasteiger partial charge in [-0.05, 0) is 24.3 Å². The molecule has 148 valence electrons. The summed E-state index contributed by atoms with van der Waals surface area (Å²) in [6, 6.07) is 12.4. The minimum Gasteiger partial charge on any atom is -0.481 e. The molecule has 0 unspecified atom stereocenters. The van der Waals surface area contributed by atoms with E-state index in [-0.39, 0.29) is 22.6 Å². The van der Waals surface area contributed by atoms with Crippen molar-refractivity contribution >= 4 is 23.8 Å². The minimum atomic E-state index is -1.11. The summed E-state index contributed by atoms with van der Waals surface area (Å²) in [5.74, 6) is -3.14. The number of carboxylic acid groups (broad SMARTS) is 2. The number of ether oxygens (including phenoxy) is 2. The van der Waals surface area contributed by atoms with Crippen LogP contribution in [0.5, 0.6) is 11.5 Å². The number of carbonyl (C=O) groups excluding carboxylic acids is 2. The predicted molar refractivity (Wildman–Crippen MR) is 96.2 cm³/mol. The van der Waals surface area contributed by atoms with E-state index in [1.165, 1.54) is 24.3 Å². The summed E-state index contributed by atoms with van der Waals surface area (Å²) in [4.78, 5) is 42.1. The Balaban J connectivity index is 0.000000280. The molecule has 2 amide bonds. The first-order chi connectivity index (χ1) is 13.2. The largest absolute Gasteiger partial charge is 0.481 e. The number of primary amides is 2. The molecule has 0 aliphatic rings. The molecule has 10 heteroatoms. The van der Waals surface area contributed by atoms with Gasteiger partial charge >= 0.3 is 11.9 Å². The number of carbonyl (C=O) groups is 4. The molecule has 0 saturated heterocycles. The second-order valence-electron chi connectivity index (χ2n) is 5.09. The summed E-state index contributed by atoms with van der Waals surface area (Å²) in [7, 11) is 0. The average molecular weight is 390 g/mol. The fraction of sp³-hybridized carbons (Fsp3) is 0.111. The molecule has 2 rings (SSSR count).